The number of aromatic nitrogens is 5. The van der Waals surface area contributed by atoms with Gasteiger partial charge in [-0.25, -0.2) is 4.68 Å². The molecule has 0 radical (unpaired) electrons. The number of rotatable bonds is 5. The van der Waals surface area contributed by atoms with E-state index < -0.39 is 0 Å². The van der Waals surface area contributed by atoms with Gasteiger partial charge in [0.05, 0.1) is 12.1 Å². The van der Waals surface area contributed by atoms with Crippen LogP contribution in [0.4, 0.5) is 5.69 Å². The molecule has 1 N–H and O–H groups in total. The van der Waals surface area contributed by atoms with Crippen LogP contribution in [0.1, 0.15) is 31.2 Å². The van der Waals surface area contributed by atoms with Crippen LogP contribution in [0.15, 0.2) is 47.0 Å². The normalized spacial score (nSPS) is 11.4. The number of fused-ring (bicyclic) bond motifs is 1. The molecule has 4 rings (SSSR count). The van der Waals surface area contributed by atoms with Gasteiger partial charge in [0, 0.05) is 18.3 Å². The Morgan fingerprint density at radius 1 is 1.12 bits per heavy atom. The summed E-state index contributed by atoms with van der Waals surface area (Å²) >= 11 is 0. The molecule has 7 heteroatoms. The lowest BCUT2D eigenvalue weighted by molar-refractivity contribution is 0.384. The number of aryl methyl sites for hydroxylation is 1. The Morgan fingerprint density at radius 2 is 1.92 bits per heavy atom. The molecule has 0 fully saturated rings. The second-order valence-electron chi connectivity index (χ2n) is 6.56. The van der Waals surface area contributed by atoms with Crippen molar-refractivity contribution in [1.82, 2.24) is 25.1 Å². The van der Waals surface area contributed by atoms with Gasteiger partial charge in [0.1, 0.15) is 5.52 Å². The van der Waals surface area contributed by atoms with Crippen molar-refractivity contribution in [3.63, 3.8) is 0 Å². The van der Waals surface area contributed by atoms with Gasteiger partial charge in [-0.1, -0.05) is 48.5 Å². The SMILES string of the molecule is CC(C)c1ccc(-c2noc(CNc3ccc4c(c3)nnn4C)n2)cc1. The van der Waals surface area contributed by atoms with Crippen molar-refractivity contribution < 1.29 is 4.52 Å². The highest BCUT2D eigenvalue weighted by atomic mass is 16.5. The van der Waals surface area contributed by atoms with Gasteiger partial charge in [0.25, 0.3) is 0 Å². The second kappa shape index (κ2) is 6.59. The van der Waals surface area contributed by atoms with E-state index in [-0.39, 0.29) is 0 Å². The molecular weight excluding hydrogens is 328 g/mol. The van der Waals surface area contributed by atoms with E-state index in [1.165, 1.54) is 5.56 Å². The third kappa shape index (κ3) is 3.15. The van der Waals surface area contributed by atoms with Gasteiger partial charge in [-0.15, -0.1) is 5.10 Å². The maximum absolute atomic E-state index is 5.35. The minimum Gasteiger partial charge on any atom is -0.376 e. The zero-order valence-electron chi connectivity index (χ0n) is 15.0. The van der Waals surface area contributed by atoms with Crippen molar-refractivity contribution >= 4 is 16.7 Å². The predicted molar refractivity (Wildman–Crippen MR) is 99.7 cm³/mol. The van der Waals surface area contributed by atoms with Crippen LogP contribution >= 0.6 is 0 Å². The first kappa shape index (κ1) is 16.3. The van der Waals surface area contributed by atoms with Crippen LogP contribution in [0.2, 0.25) is 0 Å². The molecule has 26 heavy (non-hydrogen) atoms. The standard InChI is InChI=1S/C19H20N6O/c1-12(2)13-4-6-14(7-5-13)19-21-18(26-23-19)11-20-15-8-9-17-16(10-15)22-24-25(17)3/h4-10,12,20H,11H2,1-3H3. The van der Waals surface area contributed by atoms with Crippen LogP contribution in [0.25, 0.3) is 22.4 Å². The van der Waals surface area contributed by atoms with E-state index in [0.29, 0.717) is 24.2 Å². The quantitative estimate of drug-likeness (QED) is 0.591. The maximum atomic E-state index is 5.35. The molecule has 0 aliphatic heterocycles. The number of anilines is 1. The Kier molecular flexibility index (Phi) is 4.12. The molecule has 0 saturated carbocycles. The molecule has 0 unspecified atom stereocenters. The smallest absolute Gasteiger partial charge is 0.246 e. The Hall–Kier alpha value is -3.22. The average molecular weight is 348 g/mol. The van der Waals surface area contributed by atoms with E-state index in [1.807, 2.05) is 37.4 Å². The zero-order chi connectivity index (χ0) is 18.1. The van der Waals surface area contributed by atoms with E-state index in [2.05, 4.69) is 51.7 Å². The monoisotopic (exact) mass is 348 g/mol. The third-order valence-electron chi connectivity index (χ3n) is 4.36. The molecule has 0 amide bonds. The van der Waals surface area contributed by atoms with Crippen LogP contribution in [0.5, 0.6) is 0 Å². The Morgan fingerprint density at radius 3 is 2.69 bits per heavy atom. The average Bonchev–Trinajstić information content (AvgIpc) is 3.27. The third-order valence-corrected chi connectivity index (χ3v) is 4.36. The number of hydrogen-bond acceptors (Lipinski definition) is 6. The van der Waals surface area contributed by atoms with Crippen molar-refractivity contribution in [3.05, 3.63) is 53.9 Å². The molecule has 0 spiro atoms. The van der Waals surface area contributed by atoms with Gasteiger partial charge in [-0.05, 0) is 29.7 Å². The van der Waals surface area contributed by atoms with Crippen LogP contribution in [-0.2, 0) is 13.6 Å². The van der Waals surface area contributed by atoms with Crippen molar-refractivity contribution in [3.8, 4) is 11.4 Å². The molecule has 0 atom stereocenters. The summed E-state index contributed by atoms with van der Waals surface area (Å²) in [4.78, 5) is 4.46. The second-order valence-corrected chi connectivity index (χ2v) is 6.56. The Labute approximate surface area is 151 Å². The summed E-state index contributed by atoms with van der Waals surface area (Å²) in [5.74, 6) is 1.63. The van der Waals surface area contributed by atoms with E-state index in [0.717, 1.165) is 22.3 Å². The Balaban J connectivity index is 1.45. The molecule has 0 bridgehead atoms. The van der Waals surface area contributed by atoms with Crippen LogP contribution < -0.4 is 5.32 Å². The van der Waals surface area contributed by atoms with E-state index >= 15 is 0 Å². The summed E-state index contributed by atoms with van der Waals surface area (Å²) < 4.78 is 7.10. The summed E-state index contributed by atoms with van der Waals surface area (Å²) in [7, 11) is 1.87. The fourth-order valence-corrected chi connectivity index (χ4v) is 2.79. The molecule has 7 nitrogen and oxygen atoms in total. The number of nitrogens with zero attached hydrogens (tertiary/aromatic N) is 5. The minimum atomic E-state index is 0.447. The lowest BCUT2D eigenvalue weighted by atomic mass is 10.0. The predicted octanol–water partition coefficient (Wildman–Crippen LogP) is 3.75. The van der Waals surface area contributed by atoms with Crippen molar-refractivity contribution in [2.45, 2.75) is 26.3 Å². The van der Waals surface area contributed by atoms with E-state index in [4.69, 9.17) is 4.52 Å². The molecule has 0 saturated heterocycles. The first-order valence-corrected chi connectivity index (χ1v) is 8.56. The van der Waals surface area contributed by atoms with Crippen LogP contribution in [0.3, 0.4) is 0 Å². The summed E-state index contributed by atoms with van der Waals surface area (Å²) in [6, 6.07) is 14.2. The van der Waals surface area contributed by atoms with E-state index in [9.17, 15) is 0 Å². The van der Waals surface area contributed by atoms with Crippen LogP contribution in [0, 0.1) is 0 Å². The van der Waals surface area contributed by atoms with Gasteiger partial charge >= 0.3 is 0 Å². The Bertz CT molecular complexity index is 1030. The largest absolute Gasteiger partial charge is 0.376 e. The molecule has 0 aliphatic carbocycles. The van der Waals surface area contributed by atoms with Gasteiger partial charge in [-0.2, -0.15) is 4.98 Å². The van der Waals surface area contributed by atoms with Crippen molar-refractivity contribution in [1.29, 1.82) is 0 Å². The molecule has 2 aromatic heterocycles. The number of hydrogen-bond donors (Lipinski definition) is 1. The molecule has 2 heterocycles. The zero-order valence-corrected chi connectivity index (χ0v) is 15.0. The van der Waals surface area contributed by atoms with Gasteiger partial charge < -0.3 is 9.84 Å². The topological polar surface area (TPSA) is 81.7 Å². The highest BCUT2D eigenvalue weighted by Gasteiger charge is 2.10. The number of benzene rings is 2. The highest BCUT2D eigenvalue weighted by Crippen LogP contribution is 2.21. The summed E-state index contributed by atoms with van der Waals surface area (Å²) in [6.45, 7) is 4.79. The van der Waals surface area contributed by atoms with Crippen molar-refractivity contribution in [2.75, 3.05) is 5.32 Å². The minimum absolute atomic E-state index is 0.447. The molecule has 4 aromatic rings. The summed E-state index contributed by atoms with van der Waals surface area (Å²) in [5, 5.41) is 15.5. The molecule has 132 valence electrons. The van der Waals surface area contributed by atoms with E-state index in [1.54, 1.807) is 4.68 Å². The summed E-state index contributed by atoms with van der Waals surface area (Å²) in [6.07, 6.45) is 0. The fourth-order valence-electron chi connectivity index (χ4n) is 2.79. The number of nitrogens with one attached hydrogen (secondary N) is 1. The van der Waals surface area contributed by atoms with Crippen molar-refractivity contribution in [2.24, 2.45) is 7.05 Å². The van der Waals surface area contributed by atoms with Gasteiger partial charge in [0.15, 0.2) is 0 Å². The summed E-state index contributed by atoms with van der Waals surface area (Å²) in [5.41, 5.74) is 5.00. The maximum Gasteiger partial charge on any atom is 0.246 e. The fraction of sp³-hybridized carbons (Fsp3) is 0.263. The lowest BCUT2D eigenvalue weighted by Crippen LogP contribution is -1.99. The molecular formula is C19H20N6O. The lowest BCUT2D eigenvalue weighted by Gasteiger charge is -2.04. The molecule has 2 aromatic carbocycles. The van der Waals surface area contributed by atoms with Gasteiger partial charge in [0.2, 0.25) is 11.7 Å². The first-order valence-electron chi connectivity index (χ1n) is 8.56. The van der Waals surface area contributed by atoms with Gasteiger partial charge in [-0.3, -0.25) is 0 Å². The molecule has 0 aliphatic rings. The first-order chi connectivity index (χ1) is 12.6. The van der Waals surface area contributed by atoms with Crippen LogP contribution in [-0.4, -0.2) is 25.1 Å². The highest BCUT2D eigenvalue weighted by molar-refractivity contribution is 5.78.